The number of rotatable bonds is 9. The number of alkyl halides is 1. The number of methoxy groups -OCH3 is 2. The zero-order chi connectivity index (χ0) is 19.1. The van der Waals surface area contributed by atoms with Crippen molar-refractivity contribution in [3.63, 3.8) is 0 Å². The summed E-state index contributed by atoms with van der Waals surface area (Å²) in [5.41, 5.74) is 1.57. The monoisotopic (exact) mass is 398 g/mol. The quantitative estimate of drug-likeness (QED) is 0.656. The van der Waals surface area contributed by atoms with Crippen molar-refractivity contribution in [3.05, 3.63) is 23.6 Å². The molecule has 8 heteroatoms. The van der Waals surface area contributed by atoms with Crippen LogP contribution in [-0.4, -0.2) is 58.2 Å². The van der Waals surface area contributed by atoms with Crippen LogP contribution in [0.5, 0.6) is 11.5 Å². The summed E-state index contributed by atoms with van der Waals surface area (Å²) in [5.74, 6) is 1.22. The van der Waals surface area contributed by atoms with Crippen LogP contribution in [0.15, 0.2) is 23.6 Å². The molecule has 142 valence electrons. The number of amides is 1. The van der Waals surface area contributed by atoms with E-state index >= 15 is 0 Å². The molecule has 2 rings (SSSR count). The second kappa shape index (κ2) is 9.75. The van der Waals surface area contributed by atoms with Crippen LogP contribution in [0.25, 0.3) is 11.3 Å². The van der Waals surface area contributed by atoms with E-state index in [1.54, 1.807) is 19.1 Å². The lowest BCUT2D eigenvalue weighted by atomic mass is 10.1. The maximum atomic E-state index is 12.3. The van der Waals surface area contributed by atoms with Gasteiger partial charge in [-0.3, -0.25) is 9.69 Å². The minimum Gasteiger partial charge on any atom is -0.497 e. The first-order chi connectivity index (χ1) is 12.5. The first kappa shape index (κ1) is 20.5. The average molecular weight is 399 g/mol. The van der Waals surface area contributed by atoms with Crippen LogP contribution in [0.2, 0.25) is 0 Å². The van der Waals surface area contributed by atoms with Gasteiger partial charge in [0.15, 0.2) is 5.13 Å². The third-order valence-electron chi connectivity index (χ3n) is 3.88. The third kappa shape index (κ3) is 5.09. The van der Waals surface area contributed by atoms with E-state index in [2.05, 4.69) is 19.1 Å². The fourth-order valence-corrected chi connectivity index (χ4v) is 3.53. The lowest BCUT2D eigenvalue weighted by Crippen LogP contribution is -3.05. The highest BCUT2D eigenvalue weighted by Crippen LogP contribution is 2.36. The van der Waals surface area contributed by atoms with Gasteiger partial charge in [-0.2, -0.15) is 0 Å². The zero-order valence-electron chi connectivity index (χ0n) is 15.5. The van der Waals surface area contributed by atoms with Gasteiger partial charge in [-0.15, -0.1) is 22.9 Å². The summed E-state index contributed by atoms with van der Waals surface area (Å²) in [4.78, 5) is 19.9. The minimum absolute atomic E-state index is 0.0633. The number of halogens is 1. The first-order valence-corrected chi connectivity index (χ1v) is 9.74. The van der Waals surface area contributed by atoms with Crippen molar-refractivity contribution in [1.29, 1.82) is 0 Å². The Morgan fingerprint density at radius 1 is 1.31 bits per heavy atom. The van der Waals surface area contributed by atoms with E-state index in [0.717, 1.165) is 30.0 Å². The summed E-state index contributed by atoms with van der Waals surface area (Å²) in [6, 6.07) is 5.55. The third-order valence-corrected chi connectivity index (χ3v) is 4.97. The number of hydrogen-bond acceptors (Lipinski definition) is 5. The Morgan fingerprint density at radius 2 is 2.08 bits per heavy atom. The number of carbonyl (C=O) groups is 1. The maximum Gasteiger partial charge on any atom is 0.243 e. The average Bonchev–Trinajstić information content (AvgIpc) is 3.13. The van der Waals surface area contributed by atoms with Gasteiger partial charge < -0.3 is 14.4 Å². The van der Waals surface area contributed by atoms with Gasteiger partial charge in [0.05, 0.1) is 40.6 Å². The fourth-order valence-electron chi connectivity index (χ4n) is 2.52. The standard InChI is InChI=1S/C18H24ClN3O3S/c1-21(2)8-5-9-22(17(23)11-19)18-20-15(12-26-18)14-10-13(24-3)6-7-16(14)25-4/h6-7,10,12H,5,8-9,11H2,1-4H3/p+1. The second-order valence-electron chi connectivity index (χ2n) is 6.07. The number of aromatic nitrogens is 1. The molecule has 1 amide bonds. The van der Waals surface area contributed by atoms with Crippen LogP contribution < -0.4 is 19.3 Å². The largest absolute Gasteiger partial charge is 0.497 e. The van der Waals surface area contributed by atoms with Gasteiger partial charge in [0, 0.05) is 23.9 Å². The normalized spacial score (nSPS) is 10.8. The molecule has 26 heavy (non-hydrogen) atoms. The van der Waals surface area contributed by atoms with E-state index < -0.39 is 0 Å². The Morgan fingerprint density at radius 3 is 2.69 bits per heavy atom. The SMILES string of the molecule is COc1ccc(OC)c(-c2csc(N(CCC[NH+](C)C)C(=O)CCl)n2)c1. The number of benzene rings is 1. The molecular formula is C18H25ClN3O3S+. The number of thiazole rings is 1. The molecule has 0 aliphatic carbocycles. The van der Waals surface area contributed by atoms with Crippen LogP contribution in [0.4, 0.5) is 5.13 Å². The van der Waals surface area contributed by atoms with Gasteiger partial charge >= 0.3 is 0 Å². The lowest BCUT2D eigenvalue weighted by Gasteiger charge is -2.19. The van der Waals surface area contributed by atoms with Crippen molar-refractivity contribution in [2.75, 3.05) is 52.2 Å². The molecule has 0 radical (unpaired) electrons. The molecule has 0 unspecified atom stereocenters. The van der Waals surface area contributed by atoms with Crippen LogP contribution in [0.1, 0.15) is 6.42 Å². The number of carbonyl (C=O) groups excluding carboxylic acids is 1. The van der Waals surface area contributed by atoms with E-state index in [1.807, 2.05) is 23.6 Å². The second-order valence-corrected chi connectivity index (χ2v) is 7.18. The van der Waals surface area contributed by atoms with Crippen molar-refractivity contribution in [1.82, 2.24) is 4.98 Å². The van der Waals surface area contributed by atoms with Crippen molar-refractivity contribution in [3.8, 4) is 22.8 Å². The molecule has 0 aliphatic rings. The molecule has 0 bridgehead atoms. The molecule has 1 N–H and O–H groups in total. The fraction of sp³-hybridized carbons (Fsp3) is 0.444. The Bertz CT molecular complexity index is 736. The molecule has 0 saturated heterocycles. The van der Waals surface area contributed by atoms with E-state index in [9.17, 15) is 4.79 Å². The minimum atomic E-state index is -0.140. The number of ether oxygens (including phenoxy) is 2. The molecule has 1 aromatic carbocycles. The van der Waals surface area contributed by atoms with Gasteiger partial charge in [0.1, 0.15) is 17.4 Å². The summed E-state index contributed by atoms with van der Waals surface area (Å²) in [6.45, 7) is 1.56. The molecule has 2 aromatic rings. The topological polar surface area (TPSA) is 56.1 Å². The van der Waals surface area contributed by atoms with Crippen LogP contribution in [0.3, 0.4) is 0 Å². The van der Waals surface area contributed by atoms with E-state index in [0.29, 0.717) is 17.4 Å². The number of hydrogen-bond donors (Lipinski definition) is 1. The van der Waals surface area contributed by atoms with Gasteiger partial charge in [0.2, 0.25) is 5.91 Å². The Balaban J connectivity index is 2.29. The molecule has 0 atom stereocenters. The zero-order valence-corrected chi connectivity index (χ0v) is 17.1. The summed E-state index contributed by atoms with van der Waals surface area (Å²) in [7, 11) is 7.41. The molecule has 0 aliphatic heterocycles. The molecule has 1 aromatic heterocycles. The highest BCUT2D eigenvalue weighted by Gasteiger charge is 2.20. The molecular weight excluding hydrogens is 374 g/mol. The van der Waals surface area contributed by atoms with Crippen molar-refractivity contribution < 1.29 is 19.2 Å². The van der Waals surface area contributed by atoms with Crippen LogP contribution in [-0.2, 0) is 4.79 Å². The predicted octanol–water partition coefficient (Wildman–Crippen LogP) is 1.93. The molecule has 0 spiro atoms. The highest BCUT2D eigenvalue weighted by atomic mass is 35.5. The number of nitrogens with zero attached hydrogens (tertiary/aromatic N) is 2. The molecule has 6 nitrogen and oxygen atoms in total. The Hall–Kier alpha value is -1.83. The Kier molecular flexibility index (Phi) is 7.68. The van der Waals surface area contributed by atoms with Crippen molar-refractivity contribution in [2.24, 2.45) is 0 Å². The number of anilines is 1. The van der Waals surface area contributed by atoms with E-state index in [-0.39, 0.29) is 11.8 Å². The Labute approximate surface area is 163 Å². The number of nitrogens with one attached hydrogen (secondary N) is 1. The highest BCUT2D eigenvalue weighted by molar-refractivity contribution is 7.14. The number of quaternary nitrogens is 1. The molecule has 1 heterocycles. The van der Waals surface area contributed by atoms with Gasteiger partial charge in [-0.1, -0.05) is 0 Å². The summed E-state index contributed by atoms with van der Waals surface area (Å²) >= 11 is 7.21. The van der Waals surface area contributed by atoms with E-state index in [1.165, 1.54) is 16.2 Å². The van der Waals surface area contributed by atoms with Crippen molar-refractivity contribution in [2.45, 2.75) is 6.42 Å². The van der Waals surface area contributed by atoms with Gasteiger partial charge in [-0.25, -0.2) is 4.98 Å². The van der Waals surface area contributed by atoms with Crippen LogP contribution >= 0.6 is 22.9 Å². The maximum absolute atomic E-state index is 12.3. The molecule has 0 saturated carbocycles. The van der Waals surface area contributed by atoms with Crippen molar-refractivity contribution >= 4 is 34.0 Å². The van der Waals surface area contributed by atoms with E-state index in [4.69, 9.17) is 21.1 Å². The summed E-state index contributed by atoms with van der Waals surface area (Å²) in [5, 5.41) is 2.56. The molecule has 0 fully saturated rings. The smallest absolute Gasteiger partial charge is 0.243 e. The summed E-state index contributed by atoms with van der Waals surface area (Å²) in [6.07, 6.45) is 0.877. The van der Waals surface area contributed by atoms with Gasteiger partial charge in [-0.05, 0) is 18.2 Å². The lowest BCUT2D eigenvalue weighted by molar-refractivity contribution is -0.858. The first-order valence-electron chi connectivity index (χ1n) is 8.33. The predicted molar refractivity (Wildman–Crippen MR) is 106 cm³/mol. The summed E-state index contributed by atoms with van der Waals surface area (Å²) < 4.78 is 10.7. The van der Waals surface area contributed by atoms with Crippen LogP contribution in [0, 0.1) is 0 Å². The van der Waals surface area contributed by atoms with Gasteiger partial charge in [0.25, 0.3) is 0 Å².